The lowest BCUT2D eigenvalue weighted by atomic mass is 9.66. The Morgan fingerprint density at radius 3 is 2.59 bits per heavy atom. The van der Waals surface area contributed by atoms with Crippen LogP contribution in [0.25, 0.3) is 0 Å². The van der Waals surface area contributed by atoms with Crippen molar-refractivity contribution in [3.05, 3.63) is 24.3 Å². The lowest BCUT2D eigenvalue weighted by Gasteiger charge is -2.33. The largest absolute Gasteiger partial charge is 0.497 e. The maximum Gasteiger partial charge on any atom is 0.250 e. The van der Waals surface area contributed by atoms with Gasteiger partial charge < -0.3 is 30.1 Å². The predicted octanol–water partition coefficient (Wildman–Crippen LogP) is 0.917. The van der Waals surface area contributed by atoms with Gasteiger partial charge in [0.25, 0.3) is 0 Å². The number of amides is 3. The number of methoxy groups -OCH3 is 1. The average Bonchev–Trinajstić information content (AvgIpc) is 3.34. The molecule has 0 aliphatic carbocycles. The number of β-amino-alcohol motifs (C(OH)–C–C–N with tert-alkyl or cyclic N) is 1. The summed E-state index contributed by atoms with van der Waals surface area (Å²) in [6.07, 6.45) is 1.86. The molecule has 2 unspecified atom stereocenters. The van der Waals surface area contributed by atoms with Gasteiger partial charge in [-0.1, -0.05) is 6.92 Å². The first-order valence-corrected chi connectivity index (χ1v) is 11.2. The minimum absolute atomic E-state index is 0.00115. The lowest BCUT2D eigenvalue weighted by Crippen LogP contribution is -2.53. The van der Waals surface area contributed by atoms with E-state index in [2.05, 4.69) is 10.6 Å². The Morgan fingerprint density at radius 2 is 1.97 bits per heavy atom. The van der Waals surface area contributed by atoms with E-state index in [1.165, 1.54) is 4.90 Å². The second-order valence-electron chi connectivity index (χ2n) is 8.99. The zero-order chi connectivity index (χ0) is 23.1. The molecule has 4 rings (SSSR count). The third kappa shape index (κ3) is 3.34. The van der Waals surface area contributed by atoms with E-state index in [1.807, 2.05) is 13.8 Å². The number of aliphatic hydroxyl groups excluding tert-OH is 1. The minimum Gasteiger partial charge on any atom is -0.497 e. The van der Waals surface area contributed by atoms with Gasteiger partial charge in [0.2, 0.25) is 17.7 Å². The van der Waals surface area contributed by atoms with E-state index in [1.54, 1.807) is 31.4 Å². The summed E-state index contributed by atoms with van der Waals surface area (Å²) < 4.78 is 11.6. The molecule has 3 fully saturated rings. The number of anilines is 1. The summed E-state index contributed by atoms with van der Waals surface area (Å²) in [5.41, 5.74) is -1.34. The number of hydrogen-bond donors (Lipinski definition) is 3. The van der Waals surface area contributed by atoms with Crippen molar-refractivity contribution in [1.29, 1.82) is 0 Å². The molecule has 3 N–H and O–H groups in total. The van der Waals surface area contributed by atoms with E-state index in [9.17, 15) is 19.5 Å². The van der Waals surface area contributed by atoms with E-state index in [-0.39, 0.29) is 25.0 Å². The number of rotatable bonds is 8. The summed E-state index contributed by atoms with van der Waals surface area (Å²) in [6, 6.07) is 5.96. The van der Waals surface area contributed by atoms with E-state index in [0.29, 0.717) is 30.8 Å². The first kappa shape index (κ1) is 22.5. The molecule has 3 aliphatic heterocycles. The lowest BCUT2D eigenvalue weighted by molar-refractivity contribution is -0.145. The Morgan fingerprint density at radius 1 is 1.25 bits per heavy atom. The molecule has 1 spiro atoms. The van der Waals surface area contributed by atoms with Crippen LogP contribution < -0.4 is 15.4 Å². The number of ether oxygens (including phenoxy) is 2. The molecule has 3 heterocycles. The zero-order valence-corrected chi connectivity index (χ0v) is 18.7. The molecule has 2 bridgehead atoms. The molecule has 3 amide bonds. The quantitative estimate of drug-likeness (QED) is 0.548. The standard InChI is InChI=1S/C23H31N3O6/c1-4-11-24-19(28)16-17-21(30)26(12-13-27)18(23(17)10-9-22(16,2)32-23)20(29)25-14-5-7-15(31-3)8-6-14/h5-8,16-18,27H,4,9-13H2,1-3H3,(H,24,28)(H,25,29)/t16-,17-,18?,22+,23?/m0/s1. The Kier molecular flexibility index (Phi) is 5.89. The van der Waals surface area contributed by atoms with Gasteiger partial charge in [-0.15, -0.1) is 0 Å². The summed E-state index contributed by atoms with van der Waals surface area (Å²) in [6.45, 7) is 4.05. The Balaban J connectivity index is 1.66. The van der Waals surface area contributed by atoms with Gasteiger partial charge in [-0.25, -0.2) is 0 Å². The molecule has 174 valence electrons. The number of nitrogens with one attached hydrogen (secondary N) is 2. The van der Waals surface area contributed by atoms with Crippen molar-refractivity contribution in [3.63, 3.8) is 0 Å². The maximum atomic E-state index is 13.5. The SMILES string of the molecule is CCCNC(=O)[C@@H]1[C@H]2C(=O)N(CCO)C(C(=O)Nc3ccc(OC)cc3)C23CC[C@@]1(C)O3. The summed E-state index contributed by atoms with van der Waals surface area (Å²) >= 11 is 0. The van der Waals surface area contributed by atoms with Crippen LogP contribution in [0.15, 0.2) is 24.3 Å². The molecule has 32 heavy (non-hydrogen) atoms. The van der Waals surface area contributed by atoms with Crippen LogP contribution in [0.3, 0.4) is 0 Å². The van der Waals surface area contributed by atoms with Crippen LogP contribution in [-0.2, 0) is 19.1 Å². The molecular weight excluding hydrogens is 414 g/mol. The molecule has 1 aromatic rings. The Bertz CT molecular complexity index is 905. The average molecular weight is 446 g/mol. The van der Waals surface area contributed by atoms with Crippen LogP contribution in [0.2, 0.25) is 0 Å². The fraction of sp³-hybridized carbons (Fsp3) is 0.609. The summed E-state index contributed by atoms with van der Waals surface area (Å²) in [5.74, 6) is -1.68. The monoisotopic (exact) mass is 445 g/mol. The van der Waals surface area contributed by atoms with Gasteiger partial charge in [0.05, 0.1) is 31.2 Å². The molecule has 5 atom stereocenters. The number of carbonyl (C=O) groups excluding carboxylic acids is 3. The van der Waals surface area contributed by atoms with E-state index in [0.717, 1.165) is 6.42 Å². The van der Waals surface area contributed by atoms with Gasteiger partial charge in [-0.2, -0.15) is 0 Å². The second kappa shape index (κ2) is 8.37. The molecule has 3 saturated heterocycles. The number of benzene rings is 1. The third-order valence-electron chi connectivity index (χ3n) is 7.06. The Labute approximate surface area is 187 Å². The van der Waals surface area contributed by atoms with Crippen molar-refractivity contribution < 1.29 is 29.0 Å². The van der Waals surface area contributed by atoms with Crippen LogP contribution in [0.4, 0.5) is 5.69 Å². The van der Waals surface area contributed by atoms with Gasteiger partial charge >= 0.3 is 0 Å². The van der Waals surface area contributed by atoms with Crippen molar-refractivity contribution >= 4 is 23.4 Å². The number of carbonyl (C=O) groups is 3. The van der Waals surface area contributed by atoms with Crippen molar-refractivity contribution in [3.8, 4) is 5.75 Å². The van der Waals surface area contributed by atoms with Gasteiger partial charge in [0.15, 0.2) is 0 Å². The van der Waals surface area contributed by atoms with Crippen LogP contribution in [0, 0.1) is 11.8 Å². The van der Waals surface area contributed by atoms with Gasteiger partial charge in [-0.05, 0) is 50.5 Å². The fourth-order valence-electron chi connectivity index (χ4n) is 5.72. The first-order chi connectivity index (χ1) is 15.3. The normalized spacial score (nSPS) is 32.7. The van der Waals surface area contributed by atoms with Gasteiger partial charge in [-0.3, -0.25) is 14.4 Å². The maximum absolute atomic E-state index is 13.5. The summed E-state index contributed by atoms with van der Waals surface area (Å²) in [4.78, 5) is 41.4. The van der Waals surface area contributed by atoms with E-state index < -0.39 is 35.0 Å². The minimum atomic E-state index is -1.09. The van der Waals surface area contributed by atoms with Crippen molar-refractivity contribution in [2.45, 2.75) is 50.4 Å². The van der Waals surface area contributed by atoms with Crippen LogP contribution >= 0.6 is 0 Å². The van der Waals surface area contributed by atoms with Crippen LogP contribution in [-0.4, -0.2) is 71.8 Å². The second-order valence-corrected chi connectivity index (χ2v) is 8.99. The smallest absolute Gasteiger partial charge is 0.250 e. The summed E-state index contributed by atoms with van der Waals surface area (Å²) in [5, 5.41) is 15.4. The molecular formula is C23H31N3O6. The molecule has 1 aromatic carbocycles. The number of nitrogens with zero attached hydrogens (tertiary/aromatic N) is 1. The fourth-order valence-corrected chi connectivity index (χ4v) is 5.72. The highest BCUT2D eigenvalue weighted by atomic mass is 16.5. The predicted molar refractivity (Wildman–Crippen MR) is 116 cm³/mol. The van der Waals surface area contributed by atoms with E-state index >= 15 is 0 Å². The number of aliphatic hydroxyl groups is 1. The van der Waals surface area contributed by atoms with Gasteiger partial charge in [0.1, 0.15) is 17.4 Å². The first-order valence-electron chi connectivity index (χ1n) is 11.2. The number of likely N-dealkylation sites (tertiary alicyclic amines) is 1. The molecule has 0 aromatic heterocycles. The third-order valence-corrected chi connectivity index (χ3v) is 7.06. The molecule has 9 heteroatoms. The molecule has 3 aliphatic rings. The van der Waals surface area contributed by atoms with Crippen LogP contribution in [0.1, 0.15) is 33.1 Å². The number of fused-ring (bicyclic) bond motifs is 1. The highest BCUT2D eigenvalue weighted by Gasteiger charge is 2.77. The topological polar surface area (TPSA) is 117 Å². The zero-order valence-electron chi connectivity index (χ0n) is 18.7. The van der Waals surface area contributed by atoms with Crippen molar-refractivity contribution in [2.75, 3.05) is 32.1 Å². The Hall–Kier alpha value is -2.65. The summed E-state index contributed by atoms with van der Waals surface area (Å²) in [7, 11) is 1.56. The van der Waals surface area contributed by atoms with Crippen LogP contribution in [0.5, 0.6) is 5.75 Å². The highest BCUT2D eigenvalue weighted by molar-refractivity contribution is 6.03. The molecule has 9 nitrogen and oxygen atoms in total. The molecule has 0 radical (unpaired) electrons. The van der Waals surface area contributed by atoms with Crippen molar-refractivity contribution in [2.24, 2.45) is 11.8 Å². The number of hydrogen-bond acceptors (Lipinski definition) is 6. The molecule has 0 saturated carbocycles. The van der Waals surface area contributed by atoms with Gasteiger partial charge in [0, 0.05) is 18.8 Å². The van der Waals surface area contributed by atoms with Crippen molar-refractivity contribution in [1.82, 2.24) is 10.2 Å². The van der Waals surface area contributed by atoms with E-state index in [4.69, 9.17) is 9.47 Å². The highest BCUT2D eigenvalue weighted by Crippen LogP contribution is 2.63.